The molecule has 0 atom stereocenters. The summed E-state index contributed by atoms with van der Waals surface area (Å²) < 4.78 is 37.5. The fourth-order valence-electron chi connectivity index (χ4n) is 2.50. The molecular formula is C19H24N2O5S. The topological polar surface area (TPSA) is 84.9 Å². The molecule has 0 spiro atoms. The largest absolute Gasteiger partial charge is 0.455 e. The summed E-state index contributed by atoms with van der Waals surface area (Å²) in [6.07, 6.45) is 0. The van der Waals surface area contributed by atoms with Gasteiger partial charge < -0.3 is 14.8 Å². The number of nitrogens with zero attached hydrogens (tertiary/aromatic N) is 1. The van der Waals surface area contributed by atoms with E-state index in [4.69, 9.17) is 9.47 Å². The Morgan fingerprint density at radius 3 is 2.33 bits per heavy atom. The van der Waals surface area contributed by atoms with Crippen molar-refractivity contribution in [1.29, 1.82) is 0 Å². The van der Waals surface area contributed by atoms with Crippen molar-refractivity contribution in [3.63, 3.8) is 0 Å². The summed E-state index contributed by atoms with van der Waals surface area (Å²) >= 11 is 0. The number of amides is 1. The van der Waals surface area contributed by atoms with Crippen molar-refractivity contribution in [2.75, 3.05) is 32.1 Å². The number of anilines is 1. The molecule has 0 bridgehead atoms. The van der Waals surface area contributed by atoms with Gasteiger partial charge in [-0.25, -0.2) is 8.42 Å². The van der Waals surface area contributed by atoms with Crippen molar-refractivity contribution in [1.82, 2.24) is 4.31 Å². The van der Waals surface area contributed by atoms with Gasteiger partial charge in [-0.1, -0.05) is 32.0 Å². The summed E-state index contributed by atoms with van der Waals surface area (Å²) in [6.45, 7) is 4.10. The second-order valence-electron chi connectivity index (χ2n) is 5.64. The lowest BCUT2D eigenvalue weighted by Gasteiger charge is -2.20. The van der Waals surface area contributed by atoms with E-state index in [1.807, 2.05) is 18.2 Å². The van der Waals surface area contributed by atoms with Crippen molar-refractivity contribution in [2.24, 2.45) is 0 Å². The van der Waals surface area contributed by atoms with Crippen LogP contribution in [0.4, 0.5) is 5.69 Å². The molecule has 2 aromatic carbocycles. The fourth-order valence-corrected chi connectivity index (χ4v) is 3.99. The van der Waals surface area contributed by atoms with Crippen molar-refractivity contribution in [3.8, 4) is 11.5 Å². The predicted octanol–water partition coefficient (Wildman–Crippen LogP) is 3.09. The highest BCUT2D eigenvalue weighted by Gasteiger charge is 2.23. The molecule has 0 fully saturated rings. The number of carbonyl (C=O) groups is 1. The van der Waals surface area contributed by atoms with E-state index >= 15 is 0 Å². The summed E-state index contributed by atoms with van der Waals surface area (Å²) in [7, 11) is -2.26. The zero-order chi connectivity index (χ0) is 19.9. The maximum atomic E-state index is 12.8. The van der Waals surface area contributed by atoms with Crippen molar-refractivity contribution < 1.29 is 22.7 Å². The number of hydrogen-bond donors (Lipinski definition) is 1. The lowest BCUT2D eigenvalue weighted by atomic mass is 10.2. The quantitative estimate of drug-likeness (QED) is 0.709. The molecule has 1 N–H and O–H groups in total. The van der Waals surface area contributed by atoms with Gasteiger partial charge in [0.05, 0.1) is 10.6 Å². The Hall–Kier alpha value is -2.42. The molecule has 146 valence electrons. The summed E-state index contributed by atoms with van der Waals surface area (Å²) in [5.74, 6) is 0.496. The third-order valence-corrected chi connectivity index (χ3v) is 5.86. The van der Waals surface area contributed by atoms with Gasteiger partial charge in [0.25, 0.3) is 0 Å². The standard InChI is InChI=1S/C19H24N2O5S/c1-4-21(5-2)27(23,24)16-11-12-18(26-15-9-7-6-8-10-15)17(13-16)20-19(22)14-25-3/h6-13H,4-5,14H2,1-3H3,(H,20,22). The van der Waals surface area contributed by atoms with Crippen LogP contribution >= 0.6 is 0 Å². The molecule has 0 aromatic heterocycles. The number of methoxy groups -OCH3 is 1. The number of rotatable bonds is 9. The Balaban J connectivity index is 2.44. The Morgan fingerprint density at radius 2 is 1.74 bits per heavy atom. The molecule has 0 radical (unpaired) electrons. The lowest BCUT2D eigenvalue weighted by molar-refractivity contribution is -0.119. The SMILES string of the molecule is CCN(CC)S(=O)(=O)c1ccc(Oc2ccccc2)c(NC(=O)COC)c1. The predicted molar refractivity (Wildman–Crippen MR) is 104 cm³/mol. The second-order valence-corrected chi connectivity index (χ2v) is 7.58. The molecule has 0 saturated heterocycles. The van der Waals surface area contributed by atoms with E-state index in [1.165, 1.54) is 29.6 Å². The van der Waals surface area contributed by atoms with Gasteiger partial charge in [0.15, 0.2) is 5.75 Å². The molecule has 2 aromatic rings. The van der Waals surface area contributed by atoms with Gasteiger partial charge in [0.1, 0.15) is 12.4 Å². The number of sulfonamides is 1. The third-order valence-electron chi connectivity index (χ3n) is 3.81. The zero-order valence-corrected chi connectivity index (χ0v) is 16.5. The first-order valence-electron chi connectivity index (χ1n) is 8.58. The van der Waals surface area contributed by atoms with Crippen LogP contribution in [0.2, 0.25) is 0 Å². The first-order chi connectivity index (χ1) is 12.9. The molecule has 27 heavy (non-hydrogen) atoms. The van der Waals surface area contributed by atoms with Crippen LogP contribution in [0.3, 0.4) is 0 Å². The van der Waals surface area contributed by atoms with E-state index in [-0.39, 0.29) is 17.2 Å². The lowest BCUT2D eigenvalue weighted by Crippen LogP contribution is -2.30. The van der Waals surface area contributed by atoms with Crippen molar-refractivity contribution in [2.45, 2.75) is 18.7 Å². The van der Waals surface area contributed by atoms with E-state index in [0.717, 1.165) is 0 Å². The average Bonchev–Trinajstić information content (AvgIpc) is 2.65. The van der Waals surface area contributed by atoms with Gasteiger partial charge >= 0.3 is 0 Å². The van der Waals surface area contributed by atoms with E-state index in [0.29, 0.717) is 24.6 Å². The monoisotopic (exact) mass is 392 g/mol. The van der Waals surface area contributed by atoms with Crippen LogP contribution in [0.1, 0.15) is 13.8 Å². The number of benzene rings is 2. The minimum absolute atomic E-state index is 0.0827. The molecule has 7 nitrogen and oxygen atoms in total. The fraction of sp³-hybridized carbons (Fsp3) is 0.316. The van der Waals surface area contributed by atoms with Crippen molar-refractivity contribution >= 4 is 21.6 Å². The number of nitrogens with one attached hydrogen (secondary N) is 1. The summed E-state index contributed by atoms with van der Waals surface area (Å²) in [5, 5.41) is 2.65. The minimum atomic E-state index is -3.67. The van der Waals surface area contributed by atoms with Crippen LogP contribution in [-0.4, -0.2) is 45.4 Å². The molecular weight excluding hydrogens is 368 g/mol. The second kappa shape index (κ2) is 9.50. The summed E-state index contributed by atoms with van der Waals surface area (Å²) in [4.78, 5) is 12.1. The number of hydrogen-bond acceptors (Lipinski definition) is 5. The van der Waals surface area contributed by atoms with Gasteiger partial charge in [-0.3, -0.25) is 4.79 Å². The van der Waals surface area contributed by atoms with Crippen LogP contribution in [-0.2, 0) is 19.6 Å². The van der Waals surface area contributed by atoms with E-state index < -0.39 is 15.9 Å². The molecule has 0 aliphatic rings. The van der Waals surface area contributed by atoms with Crippen LogP contribution < -0.4 is 10.1 Å². The molecule has 0 aliphatic heterocycles. The van der Waals surface area contributed by atoms with Crippen LogP contribution in [0.15, 0.2) is 53.4 Å². The van der Waals surface area contributed by atoms with Gasteiger partial charge in [-0.15, -0.1) is 0 Å². The minimum Gasteiger partial charge on any atom is -0.455 e. The molecule has 0 heterocycles. The number of ether oxygens (including phenoxy) is 2. The molecule has 0 unspecified atom stereocenters. The summed E-state index contributed by atoms with van der Waals surface area (Å²) in [5.41, 5.74) is 0.258. The Kier molecular flexibility index (Phi) is 7.35. The maximum Gasteiger partial charge on any atom is 0.250 e. The number of para-hydroxylation sites is 1. The molecule has 1 amide bonds. The first-order valence-corrected chi connectivity index (χ1v) is 10.0. The highest BCUT2D eigenvalue weighted by molar-refractivity contribution is 7.89. The first kappa shape index (κ1) is 20.9. The maximum absolute atomic E-state index is 12.8. The smallest absolute Gasteiger partial charge is 0.250 e. The normalized spacial score (nSPS) is 11.4. The zero-order valence-electron chi connectivity index (χ0n) is 15.6. The Labute approximate surface area is 160 Å². The van der Waals surface area contributed by atoms with Gasteiger partial charge in [0.2, 0.25) is 15.9 Å². The molecule has 0 aliphatic carbocycles. The third kappa shape index (κ3) is 5.29. The van der Waals surface area contributed by atoms with Crippen LogP contribution in [0.5, 0.6) is 11.5 Å². The van der Waals surface area contributed by atoms with Gasteiger partial charge in [-0.2, -0.15) is 4.31 Å². The number of carbonyl (C=O) groups excluding carboxylic acids is 1. The van der Waals surface area contributed by atoms with Gasteiger partial charge in [0, 0.05) is 20.2 Å². The highest BCUT2D eigenvalue weighted by Crippen LogP contribution is 2.32. The molecule has 2 rings (SSSR count). The molecule has 8 heteroatoms. The Morgan fingerprint density at radius 1 is 1.07 bits per heavy atom. The van der Waals surface area contributed by atoms with E-state index in [2.05, 4.69) is 5.32 Å². The molecule has 0 saturated carbocycles. The van der Waals surface area contributed by atoms with Crippen LogP contribution in [0.25, 0.3) is 0 Å². The van der Waals surface area contributed by atoms with Crippen molar-refractivity contribution in [3.05, 3.63) is 48.5 Å². The Bertz CT molecular complexity index is 865. The van der Waals surface area contributed by atoms with E-state index in [1.54, 1.807) is 26.0 Å². The van der Waals surface area contributed by atoms with Gasteiger partial charge in [-0.05, 0) is 30.3 Å². The van der Waals surface area contributed by atoms with E-state index in [9.17, 15) is 13.2 Å². The average molecular weight is 392 g/mol. The summed E-state index contributed by atoms with van der Waals surface area (Å²) in [6, 6.07) is 13.4. The highest BCUT2D eigenvalue weighted by atomic mass is 32.2. The van der Waals surface area contributed by atoms with Crippen LogP contribution in [0, 0.1) is 0 Å².